The highest BCUT2D eigenvalue weighted by Crippen LogP contribution is 2.59. The molecule has 5 fully saturated rings. The van der Waals surface area contributed by atoms with Crippen LogP contribution in [-0.2, 0) is 9.59 Å². The molecule has 6 rings (SSSR count). The molecule has 26 heavy (non-hydrogen) atoms. The number of anilines is 1. The number of hydrazone groups is 1. The number of hydrogen-bond acceptors (Lipinski definition) is 3. The molecule has 5 nitrogen and oxygen atoms in total. The molecule has 2 amide bonds. The third-order valence-corrected chi connectivity index (χ3v) is 6.79. The lowest BCUT2D eigenvalue weighted by Crippen LogP contribution is -2.52. The Balaban J connectivity index is 1.30. The average molecular weight is 351 g/mol. The predicted molar refractivity (Wildman–Crippen MR) is 99.6 cm³/mol. The minimum atomic E-state index is -0.102. The lowest BCUT2D eigenvalue weighted by Gasteiger charge is -2.55. The summed E-state index contributed by atoms with van der Waals surface area (Å²) >= 11 is 0. The van der Waals surface area contributed by atoms with Crippen molar-refractivity contribution in [1.82, 2.24) is 5.01 Å². The Bertz CT molecular complexity index is 722. The highest BCUT2D eigenvalue weighted by Gasteiger charge is 2.50. The van der Waals surface area contributed by atoms with Crippen LogP contribution in [0.3, 0.4) is 0 Å². The molecular weight excluding hydrogens is 326 g/mol. The molecule has 4 bridgehead atoms. The second-order valence-electron chi connectivity index (χ2n) is 8.79. The topological polar surface area (TPSA) is 53.0 Å². The number of para-hydroxylation sites is 1. The van der Waals surface area contributed by atoms with Gasteiger partial charge in [-0.1, -0.05) is 18.2 Å². The number of benzene rings is 1. The van der Waals surface area contributed by atoms with Crippen LogP contribution in [0.5, 0.6) is 0 Å². The van der Waals surface area contributed by atoms with Gasteiger partial charge in [0.1, 0.15) is 13.1 Å². The molecule has 4 saturated carbocycles. The van der Waals surface area contributed by atoms with E-state index in [9.17, 15) is 9.59 Å². The summed E-state index contributed by atoms with van der Waals surface area (Å²) in [4.78, 5) is 26.6. The van der Waals surface area contributed by atoms with Crippen LogP contribution in [-0.4, -0.2) is 36.1 Å². The zero-order chi connectivity index (χ0) is 17.7. The van der Waals surface area contributed by atoms with Gasteiger partial charge in [-0.25, -0.2) is 5.01 Å². The molecule has 0 unspecified atom stereocenters. The van der Waals surface area contributed by atoms with Crippen molar-refractivity contribution in [3.63, 3.8) is 0 Å². The van der Waals surface area contributed by atoms with Gasteiger partial charge in [0, 0.05) is 17.3 Å². The molecule has 5 heteroatoms. The van der Waals surface area contributed by atoms with Crippen molar-refractivity contribution in [2.24, 2.45) is 28.3 Å². The molecular formula is C21H25N3O2. The monoisotopic (exact) mass is 351 g/mol. The first-order valence-corrected chi connectivity index (χ1v) is 9.81. The fraction of sp³-hybridized carbons (Fsp3) is 0.571. The first kappa shape index (κ1) is 16.0. The molecule has 1 aromatic carbocycles. The molecule has 1 aromatic rings. The van der Waals surface area contributed by atoms with Gasteiger partial charge in [0.15, 0.2) is 0 Å². The number of rotatable bonds is 3. The molecule has 0 N–H and O–H groups in total. The normalized spacial score (nSPS) is 36.4. The molecule has 4 aliphatic carbocycles. The quantitative estimate of drug-likeness (QED) is 0.786. The molecule has 0 aromatic heterocycles. The standard InChI is InChI=1S/C21H25N3O2/c25-19-13-24(20(26)12-23(19)18-4-2-1-3-5-18)22-14-21-9-15-6-16(10-21)8-17(7-15)11-21/h1-5,14-17H,6-13H2. The maximum atomic E-state index is 12.6. The Labute approximate surface area is 154 Å². The number of amides is 2. The molecule has 0 atom stereocenters. The Morgan fingerprint density at radius 2 is 1.50 bits per heavy atom. The van der Waals surface area contributed by atoms with Crippen molar-refractivity contribution in [2.75, 3.05) is 18.0 Å². The molecule has 0 spiro atoms. The molecule has 1 aliphatic heterocycles. The van der Waals surface area contributed by atoms with E-state index in [-0.39, 0.29) is 30.3 Å². The Kier molecular flexibility index (Phi) is 3.66. The van der Waals surface area contributed by atoms with E-state index < -0.39 is 0 Å². The van der Waals surface area contributed by atoms with E-state index in [1.54, 1.807) is 4.90 Å². The maximum Gasteiger partial charge on any atom is 0.263 e. The van der Waals surface area contributed by atoms with Gasteiger partial charge >= 0.3 is 0 Å². The maximum absolute atomic E-state index is 12.6. The summed E-state index contributed by atoms with van der Waals surface area (Å²) in [5, 5.41) is 5.93. The van der Waals surface area contributed by atoms with Crippen LogP contribution in [0.15, 0.2) is 35.4 Å². The van der Waals surface area contributed by atoms with E-state index in [2.05, 4.69) is 5.10 Å². The summed E-state index contributed by atoms with van der Waals surface area (Å²) in [6.07, 6.45) is 9.86. The van der Waals surface area contributed by atoms with E-state index in [0.717, 1.165) is 23.4 Å². The van der Waals surface area contributed by atoms with E-state index in [0.29, 0.717) is 0 Å². The van der Waals surface area contributed by atoms with Crippen molar-refractivity contribution in [3.05, 3.63) is 30.3 Å². The van der Waals surface area contributed by atoms with Crippen molar-refractivity contribution in [3.8, 4) is 0 Å². The highest BCUT2D eigenvalue weighted by atomic mass is 16.2. The smallest absolute Gasteiger partial charge is 0.263 e. The van der Waals surface area contributed by atoms with Gasteiger partial charge in [0.25, 0.3) is 5.91 Å². The Morgan fingerprint density at radius 3 is 2.12 bits per heavy atom. The molecule has 136 valence electrons. The fourth-order valence-electron chi connectivity index (χ4n) is 6.08. The zero-order valence-electron chi connectivity index (χ0n) is 15.0. The molecule has 0 radical (unpaired) electrons. The Hall–Kier alpha value is -2.17. The summed E-state index contributed by atoms with van der Waals surface area (Å²) in [7, 11) is 0. The third-order valence-electron chi connectivity index (χ3n) is 6.79. The summed E-state index contributed by atoms with van der Waals surface area (Å²) in [6.45, 7) is 0.109. The highest BCUT2D eigenvalue weighted by molar-refractivity contribution is 6.04. The second-order valence-corrected chi connectivity index (χ2v) is 8.79. The van der Waals surface area contributed by atoms with Gasteiger partial charge in [-0.2, -0.15) is 5.10 Å². The van der Waals surface area contributed by atoms with Crippen LogP contribution in [0, 0.1) is 23.2 Å². The summed E-state index contributed by atoms with van der Waals surface area (Å²) in [6, 6.07) is 9.39. The van der Waals surface area contributed by atoms with Crippen molar-refractivity contribution in [2.45, 2.75) is 38.5 Å². The van der Waals surface area contributed by atoms with Crippen LogP contribution in [0.2, 0.25) is 0 Å². The molecule has 5 aliphatic rings. The number of piperazine rings is 1. The van der Waals surface area contributed by atoms with Gasteiger partial charge in [-0.15, -0.1) is 0 Å². The average Bonchev–Trinajstić information content (AvgIpc) is 2.62. The second kappa shape index (κ2) is 5.93. The minimum absolute atomic E-state index is 0.0383. The van der Waals surface area contributed by atoms with Gasteiger partial charge in [-0.05, 0) is 68.4 Å². The number of nitrogens with zero attached hydrogens (tertiary/aromatic N) is 3. The third kappa shape index (κ3) is 2.74. The van der Waals surface area contributed by atoms with Crippen molar-refractivity contribution < 1.29 is 9.59 Å². The van der Waals surface area contributed by atoms with Gasteiger partial charge in [0.05, 0.1) is 0 Å². The molecule has 1 saturated heterocycles. The number of hydrogen-bond donors (Lipinski definition) is 0. The first-order chi connectivity index (χ1) is 12.6. The van der Waals surface area contributed by atoms with Crippen LogP contribution in [0.25, 0.3) is 0 Å². The summed E-state index contributed by atoms with van der Waals surface area (Å²) < 4.78 is 0. The Morgan fingerprint density at radius 1 is 0.885 bits per heavy atom. The summed E-state index contributed by atoms with van der Waals surface area (Å²) in [5.41, 5.74) is 0.949. The SMILES string of the molecule is O=C1CN(c2ccccc2)C(=O)CN1N=CC12CC3CC(CC(C3)C1)C2. The zero-order valence-corrected chi connectivity index (χ0v) is 15.0. The van der Waals surface area contributed by atoms with E-state index in [1.807, 2.05) is 36.5 Å². The molecule has 1 heterocycles. The summed E-state index contributed by atoms with van der Waals surface area (Å²) in [5.74, 6) is 2.37. The largest absolute Gasteiger partial charge is 0.301 e. The van der Waals surface area contributed by atoms with Crippen LogP contribution in [0.4, 0.5) is 5.69 Å². The fourth-order valence-corrected chi connectivity index (χ4v) is 6.08. The van der Waals surface area contributed by atoms with Gasteiger partial charge in [-0.3, -0.25) is 9.59 Å². The van der Waals surface area contributed by atoms with Crippen LogP contribution >= 0.6 is 0 Å². The van der Waals surface area contributed by atoms with Crippen LogP contribution < -0.4 is 4.90 Å². The van der Waals surface area contributed by atoms with E-state index >= 15 is 0 Å². The lowest BCUT2D eigenvalue weighted by atomic mass is 9.50. The van der Waals surface area contributed by atoms with Crippen molar-refractivity contribution >= 4 is 23.7 Å². The van der Waals surface area contributed by atoms with Crippen LogP contribution in [0.1, 0.15) is 38.5 Å². The van der Waals surface area contributed by atoms with E-state index in [1.165, 1.54) is 43.5 Å². The van der Waals surface area contributed by atoms with Crippen molar-refractivity contribution in [1.29, 1.82) is 0 Å². The predicted octanol–water partition coefficient (Wildman–Crippen LogP) is 3.06. The minimum Gasteiger partial charge on any atom is -0.301 e. The first-order valence-electron chi connectivity index (χ1n) is 9.81. The number of carbonyl (C=O) groups is 2. The lowest BCUT2D eigenvalue weighted by molar-refractivity contribution is -0.138. The number of carbonyl (C=O) groups excluding carboxylic acids is 2. The van der Waals surface area contributed by atoms with Gasteiger partial charge < -0.3 is 4.90 Å². The van der Waals surface area contributed by atoms with E-state index in [4.69, 9.17) is 0 Å². The van der Waals surface area contributed by atoms with Gasteiger partial charge in [0.2, 0.25) is 5.91 Å².